The minimum Gasteiger partial charge on any atom is -0.466 e. The molecule has 2 aliphatic heterocycles. The number of hydrogen-bond donors (Lipinski definition) is 1. The predicted molar refractivity (Wildman–Crippen MR) is 91.9 cm³/mol. The van der Waals surface area contributed by atoms with Gasteiger partial charge in [0.05, 0.1) is 25.6 Å². The third-order valence-electron chi connectivity index (χ3n) is 5.78. The summed E-state index contributed by atoms with van der Waals surface area (Å²) in [5, 5.41) is 9.00. The summed E-state index contributed by atoms with van der Waals surface area (Å²) in [6, 6.07) is 0. The van der Waals surface area contributed by atoms with Gasteiger partial charge in [-0.15, -0.1) is 0 Å². The zero-order chi connectivity index (χ0) is 18.7. The highest BCUT2D eigenvalue weighted by Gasteiger charge is 2.48. The van der Waals surface area contributed by atoms with Crippen molar-refractivity contribution in [1.82, 2.24) is 9.80 Å². The first-order valence-corrected chi connectivity index (χ1v) is 9.27. The molecule has 3 rings (SSSR count). The summed E-state index contributed by atoms with van der Waals surface area (Å²) in [5.41, 5.74) is 0.534. The van der Waals surface area contributed by atoms with E-state index in [-0.39, 0.29) is 30.5 Å². The second kappa shape index (κ2) is 8.26. The maximum Gasteiger partial charge on any atom is 0.412 e. The number of carbonyl (C=O) groups is 2. The number of nitrogens with zero attached hydrogens (tertiary/aromatic N) is 2. The van der Waals surface area contributed by atoms with Gasteiger partial charge in [0.2, 0.25) is 6.29 Å². The molecule has 1 saturated heterocycles. The van der Waals surface area contributed by atoms with Crippen LogP contribution in [0, 0.1) is 17.8 Å². The Morgan fingerprint density at radius 2 is 2.00 bits per heavy atom. The molecule has 3 aliphatic rings. The smallest absolute Gasteiger partial charge is 0.412 e. The number of hydrogen-bond acceptors (Lipinski definition) is 7. The van der Waals surface area contributed by atoms with Gasteiger partial charge < -0.3 is 24.2 Å². The average molecular weight is 368 g/mol. The van der Waals surface area contributed by atoms with Crippen molar-refractivity contribution in [2.24, 2.45) is 17.8 Å². The highest BCUT2D eigenvalue weighted by atomic mass is 16.7. The summed E-state index contributed by atoms with van der Waals surface area (Å²) in [6.07, 6.45) is 2.17. The van der Waals surface area contributed by atoms with Gasteiger partial charge in [-0.1, -0.05) is 6.92 Å². The number of aliphatic hydroxyl groups is 1. The van der Waals surface area contributed by atoms with E-state index < -0.39 is 6.29 Å². The van der Waals surface area contributed by atoms with E-state index in [1.165, 1.54) is 13.4 Å². The highest BCUT2D eigenvalue weighted by Crippen LogP contribution is 2.46. The fraction of sp³-hybridized carbons (Fsp3) is 0.778. The zero-order valence-electron chi connectivity index (χ0n) is 15.4. The maximum absolute atomic E-state index is 12.5. The van der Waals surface area contributed by atoms with Gasteiger partial charge in [0.1, 0.15) is 0 Å². The Balaban J connectivity index is 1.62. The van der Waals surface area contributed by atoms with Crippen LogP contribution < -0.4 is 0 Å². The van der Waals surface area contributed by atoms with E-state index in [0.29, 0.717) is 31.1 Å². The van der Waals surface area contributed by atoms with Crippen molar-refractivity contribution in [3.05, 3.63) is 11.8 Å². The first-order chi connectivity index (χ1) is 12.5. The third-order valence-corrected chi connectivity index (χ3v) is 5.78. The summed E-state index contributed by atoms with van der Waals surface area (Å²) in [7, 11) is 1.36. The van der Waals surface area contributed by atoms with E-state index in [0.717, 1.165) is 25.9 Å². The lowest BCUT2D eigenvalue weighted by atomic mass is 9.83. The van der Waals surface area contributed by atoms with Crippen LogP contribution in [-0.2, 0) is 19.0 Å². The van der Waals surface area contributed by atoms with Crippen LogP contribution in [0.4, 0.5) is 4.79 Å². The molecule has 1 N–H and O–H groups in total. The van der Waals surface area contributed by atoms with Crippen molar-refractivity contribution in [3.63, 3.8) is 0 Å². The second-order valence-electron chi connectivity index (χ2n) is 7.24. The van der Waals surface area contributed by atoms with Crippen LogP contribution in [0.1, 0.15) is 19.8 Å². The molecule has 0 bridgehead atoms. The molecule has 8 nitrogen and oxygen atoms in total. The predicted octanol–water partition coefficient (Wildman–Crippen LogP) is 0.808. The Morgan fingerprint density at radius 1 is 1.27 bits per heavy atom. The van der Waals surface area contributed by atoms with Gasteiger partial charge in [0.25, 0.3) is 0 Å². The lowest BCUT2D eigenvalue weighted by Gasteiger charge is -2.37. The summed E-state index contributed by atoms with van der Waals surface area (Å²) in [6.45, 7) is 5.42. The quantitative estimate of drug-likeness (QED) is 0.735. The van der Waals surface area contributed by atoms with E-state index in [4.69, 9.17) is 19.3 Å². The summed E-state index contributed by atoms with van der Waals surface area (Å²) >= 11 is 0. The molecule has 4 unspecified atom stereocenters. The zero-order valence-corrected chi connectivity index (χ0v) is 15.4. The first kappa shape index (κ1) is 19.0. The summed E-state index contributed by atoms with van der Waals surface area (Å²) < 4.78 is 16.2. The van der Waals surface area contributed by atoms with E-state index in [2.05, 4.69) is 11.8 Å². The van der Waals surface area contributed by atoms with Gasteiger partial charge in [-0.3, -0.25) is 4.90 Å². The monoisotopic (exact) mass is 368 g/mol. The number of ether oxygens (including phenoxy) is 3. The third kappa shape index (κ3) is 3.81. The molecule has 1 saturated carbocycles. The second-order valence-corrected chi connectivity index (χ2v) is 7.24. The van der Waals surface area contributed by atoms with Crippen molar-refractivity contribution in [3.8, 4) is 0 Å². The molecule has 0 spiro atoms. The van der Waals surface area contributed by atoms with Gasteiger partial charge >= 0.3 is 12.1 Å². The van der Waals surface area contributed by atoms with Crippen LogP contribution in [0.25, 0.3) is 0 Å². The van der Waals surface area contributed by atoms with Crippen molar-refractivity contribution in [2.75, 3.05) is 46.4 Å². The minimum atomic E-state index is -0.672. The molecule has 146 valence electrons. The van der Waals surface area contributed by atoms with Gasteiger partial charge in [-0.2, -0.15) is 0 Å². The Bertz CT molecular complexity index is 558. The number of β-amino-alcohol motifs (C(OH)–C–C–N with tert-alkyl or cyclic N) is 1. The van der Waals surface area contributed by atoms with E-state index in [1.54, 1.807) is 4.90 Å². The fourth-order valence-corrected chi connectivity index (χ4v) is 4.26. The minimum absolute atomic E-state index is 0.00500. The van der Waals surface area contributed by atoms with Crippen molar-refractivity contribution >= 4 is 12.1 Å². The number of methoxy groups -OCH3 is 1. The van der Waals surface area contributed by atoms with Gasteiger partial charge in [0, 0.05) is 44.6 Å². The Kier molecular flexibility index (Phi) is 6.03. The van der Waals surface area contributed by atoms with E-state index in [9.17, 15) is 9.59 Å². The summed E-state index contributed by atoms with van der Waals surface area (Å²) in [5.74, 6) is -0.106. The number of rotatable bonds is 4. The number of aliphatic hydroxyl groups excluding tert-OH is 1. The Hall–Kier alpha value is -1.80. The molecule has 1 amide bonds. The molecule has 0 radical (unpaired) electrons. The molecule has 2 heterocycles. The van der Waals surface area contributed by atoms with Crippen LogP contribution >= 0.6 is 0 Å². The molecular weight excluding hydrogens is 340 g/mol. The molecule has 0 aromatic rings. The van der Waals surface area contributed by atoms with Crippen molar-refractivity contribution in [2.45, 2.75) is 26.1 Å². The normalized spacial score (nSPS) is 31.7. The van der Waals surface area contributed by atoms with Crippen LogP contribution in [0.2, 0.25) is 0 Å². The van der Waals surface area contributed by atoms with Gasteiger partial charge in [-0.25, -0.2) is 9.59 Å². The summed E-state index contributed by atoms with van der Waals surface area (Å²) in [4.78, 5) is 28.3. The molecule has 8 heteroatoms. The maximum atomic E-state index is 12.5. The van der Waals surface area contributed by atoms with Crippen LogP contribution in [0.5, 0.6) is 0 Å². The average Bonchev–Trinajstić information content (AvgIpc) is 3.04. The number of amides is 1. The largest absolute Gasteiger partial charge is 0.466 e. The number of piperazine rings is 1. The van der Waals surface area contributed by atoms with Crippen LogP contribution in [0.3, 0.4) is 0 Å². The topological polar surface area (TPSA) is 88.5 Å². The molecule has 0 aromatic carbocycles. The van der Waals surface area contributed by atoms with Crippen LogP contribution in [-0.4, -0.2) is 79.7 Å². The van der Waals surface area contributed by atoms with Crippen molar-refractivity contribution < 1.29 is 28.9 Å². The molecule has 4 atom stereocenters. The molecule has 0 aromatic heterocycles. The van der Waals surface area contributed by atoms with Crippen LogP contribution in [0.15, 0.2) is 11.8 Å². The standard InChI is InChI=1S/C18H28N2O6/c1-12-3-4-13-14(16(22)24-2)11-25-17(15(12)13)26-18(23)20-7-5-19(6-8-20)9-10-21/h11-13,15,17,21H,3-10H2,1-2H3. The van der Waals surface area contributed by atoms with E-state index in [1.807, 2.05) is 0 Å². The number of esters is 1. The van der Waals surface area contributed by atoms with Crippen molar-refractivity contribution in [1.29, 1.82) is 0 Å². The number of carbonyl (C=O) groups excluding carboxylic acids is 2. The van der Waals surface area contributed by atoms with Gasteiger partial charge in [0.15, 0.2) is 0 Å². The molecule has 26 heavy (non-hydrogen) atoms. The molecule has 2 fully saturated rings. The fourth-order valence-electron chi connectivity index (χ4n) is 4.26. The first-order valence-electron chi connectivity index (χ1n) is 9.27. The molecular formula is C18H28N2O6. The lowest BCUT2D eigenvalue weighted by molar-refractivity contribution is -0.147. The Morgan fingerprint density at radius 3 is 2.65 bits per heavy atom. The van der Waals surface area contributed by atoms with Gasteiger partial charge in [-0.05, 0) is 18.8 Å². The SMILES string of the molecule is COC(=O)C1=COC(OC(=O)N2CCN(CCO)CC2)C2C(C)CCC12. The molecule has 1 aliphatic carbocycles. The number of fused-ring (bicyclic) bond motifs is 1. The highest BCUT2D eigenvalue weighted by molar-refractivity contribution is 5.89. The Labute approximate surface area is 153 Å². The van der Waals surface area contributed by atoms with E-state index >= 15 is 0 Å². The lowest BCUT2D eigenvalue weighted by Crippen LogP contribution is -2.51.